The first kappa shape index (κ1) is 20.5. The van der Waals surface area contributed by atoms with Crippen molar-refractivity contribution in [2.45, 2.75) is 6.18 Å². The largest absolute Gasteiger partial charge is 0.486 e. The summed E-state index contributed by atoms with van der Waals surface area (Å²) >= 11 is 0. The van der Waals surface area contributed by atoms with Gasteiger partial charge in [0.25, 0.3) is 0 Å². The lowest BCUT2D eigenvalue weighted by Crippen LogP contribution is -2.16. The number of hydrogen-bond donors (Lipinski definition) is 1. The number of nitrogens with one attached hydrogen (secondary N) is 1. The minimum Gasteiger partial charge on any atom is -0.486 e. The number of benzene rings is 2. The van der Waals surface area contributed by atoms with E-state index in [0.717, 1.165) is 12.1 Å². The van der Waals surface area contributed by atoms with E-state index in [4.69, 9.17) is 9.47 Å². The van der Waals surface area contributed by atoms with E-state index in [9.17, 15) is 18.0 Å². The zero-order valence-electron chi connectivity index (χ0n) is 16.1. The van der Waals surface area contributed by atoms with Crippen molar-refractivity contribution in [1.82, 2.24) is 4.98 Å². The number of anilines is 1. The highest BCUT2D eigenvalue weighted by Crippen LogP contribution is 2.33. The number of hydrogen-bond acceptors (Lipinski definition) is 4. The van der Waals surface area contributed by atoms with E-state index in [-0.39, 0.29) is 0 Å². The van der Waals surface area contributed by atoms with Crippen LogP contribution in [0, 0.1) is 0 Å². The smallest absolute Gasteiger partial charge is 0.416 e. The number of ether oxygens (including phenoxy) is 2. The zero-order chi connectivity index (χ0) is 21.8. The van der Waals surface area contributed by atoms with Crippen molar-refractivity contribution in [3.05, 3.63) is 89.8 Å². The van der Waals surface area contributed by atoms with Crippen LogP contribution in [0.5, 0.6) is 11.5 Å². The molecule has 0 unspecified atom stereocenters. The van der Waals surface area contributed by atoms with Crippen LogP contribution < -0.4 is 14.8 Å². The number of fused-ring (bicyclic) bond motifs is 1. The van der Waals surface area contributed by atoms with Crippen molar-refractivity contribution >= 4 is 17.2 Å². The summed E-state index contributed by atoms with van der Waals surface area (Å²) in [5, 5.41) is 2.75. The van der Waals surface area contributed by atoms with Crippen LogP contribution >= 0.6 is 0 Å². The van der Waals surface area contributed by atoms with Crippen LogP contribution in [-0.2, 0) is 11.0 Å². The highest BCUT2D eigenvalue weighted by Gasteiger charge is 2.30. The Labute approximate surface area is 176 Å². The number of alkyl halides is 3. The van der Waals surface area contributed by atoms with Gasteiger partial charge in [-0.05, 0) is 41.5 Å². The molecule has 158 valence electrons. The third kappa shape index (κ3) is 4.85. The fourth-order valence-electron chi connectivity index (χ4n) is 3.12. The van der Waals surface area contributed by atoms with E-state index in [1.807, 2.05) is 0 Å². The average Bonchev–Trinajstić information content (AvgIpc) is 2.77. The number of carbonyl (C=O) groups is 1. The van der Waals surface area contributed by atoms with Gasteiger partial charge in [-0.2, -0.15) is 13.2 Å². The summed E-state index contributed by atoms with van der Waals surface area (Å²) in [7, 11) is 0. The third-order valence-electron chi connectivity index (χ3n) is 4.58. The fourth-order valence-corrected chi connectivity index (χ4v) is 3.12. The van der Waals surface area contributed by atoms with E-state index < -0.39 is 17.6 Å². The first-order valence-electron chi connectivity index (χ1n) is 9.40. The molecule has 0 fully saturated rings. The van der Waals surface area contributed by atoms with Crippen molar-refractivity contribution in [3.8, 4) is 11.5 Å². The van der Waals surface area contributed by atoms with E-state index >= 15 is 0 Å². The van der Waals surface area contributed by atoms with Crippen LogP contribution in [0.3, 0.4) is 0 Å². The summed E-state index contributed by atoms with van der Waals surface area (Å²) in [6, 6.07) is 13.1. The molecule has 1 aliphatic rings. The van der Waals surface area contributed by atoms with Crippen molar-refractivity contribution in [1.29, 1.82) is 0 Å². The Morgan fingerprint density at radius 2 is 1.71 bits per heavy atom. The quantitative estimate of drug-likeness (QED) is 0.601. The number of aromatic nitrogens is 1. The summed E-state index contributed by atoms with van der Waals surface area (Å²) in [6.45, 7) is 0.881. The van der Waals surface area contributed by atoms with Crippen LogP contribution in [-0.4, -0.2) is 24.1 Å². The Kier molecular flexibility index (Phi) is 5.62. The SMILES string of the molecule is O=C(/C=C(/c1ccc(C(F)(F)F)cc1)c1cccnc1)Nc1ccc2c(c1)OCCO2. The fraction of sp³-hybridized carbons (Fsp3) is 0.130. The van der Waals surface area contributed by atoms with Gasteiger partial charge in [0, 0.05) is 35.8 Å². The topological polar surface area (TPSA) is 60.5 Å². The van der Waals surface area contributed by atoms with Crippen molar-refractivity contribution in [3.63, 3.8) is 0 Å². The van der Waals surface area contributed by atoms with Gasteiger partial charge in [0.05, 0.1) is 5.56 Å². The van der Waals surface area contributed by atoms with E-state index in [2.05, 4.69) is 10.3 Å². The summed E-state index contributed by atoms with van der Waals surface area (Å²) in [5.41, 5.74) is 1.24. The van der Waals surface area contributed by atoms with E-state index in [1.54, 1.807) is 42.7 Å². The van der Waals surface area contributed by atoms with E-state index in [0.29, 0.717) is 47.1 Å². The van der Waals surface area contributed by atoms with Crippen molar-refractivity contribution in [2.75, 3.05) is 18.5 Å². The second kappa shape index (κ2) is 8.51. The van der Waals surface area contributed by atoms with E-state index in [1.165, 1.54) is 18.2 Å². The third-order valence-corrected chi connectivity index (χ3v) is 4.58. The summed E-state index contributed by atoms with van der Waals surface area (Å²) in [4.78, 5) is 16.7. The number of nitrogens with zero attached hydrogens (tertiary/aromatic N) is 1. The van der Waals surface area contributed by atoms with Crippen LogP contribution in [0.15, 0.2) is 73.1 Å². The molecule has 1 amide bonds. The van der Waals surface area contributed by atoms with Crippen LogP contribution in [0.25, 0.3) is 5.57 Å². The van der Waals surface area contributed by atoms with Gasteiger partial charge < -0.3 is 14.8 Å². The number of pyridine rings is 1. The minimum absolute atomic E-state index is 0.420. The molecule has 1 aromatic heterocycles. The highest BCUT2D eigenvalue weighted by molar-refractivity contribution is 6.06. The maximum atomic E-state index is 12.9. The maximum Gasteiger partial charge on any atom is 0.416 e. The molecule has 4 rings (SSSR count). The molecule has 0 saturated carbocycles. The standard InChI is InChI=1S/C23H17F3N2O3/c24-23(25,26)17-5-3-15(4-6-17)19(16-2-1-9-27-14-16)13-22(29)28-18-7-8-20-21(12-18)31-11-10-30-20/h1-9,12-14H,10-11H2,(H,28,29)/b19-13-. The Hall–Kier alpha value is -3.81. The van der Waals surface area contributed by atoms with Gasteiger partial charge in [-0.1, -0.05) is 18.2 Å². The number of carbonyl (C=O) groups excluding carboxylic acids is 1. The predicted molar refractivity (Wildman–Crippen MR) is 109 cm³/mol. The second-order valence-electron chi connectivity index (χ2n) is 6.72. The molecule has 0 spiro atoms. The molecule has 0 aliphatic carbocycles. The molecule has 2 aromatic carbocycles. The molecule has 8 heteroatoms. The van der Waals surface area contributed by atoms with Crippen molar-refractivity contribution < 1.29 is 27.4 Å². The molecule has 0 bridgehead atoms. The summed E-state index contributed by atoms with van der Waals surface area (Å²) < 4.78 is 49.7. The highest BCUT2D eigenvalue weighted by atomic mass is 19.4. The molecule has 5 nitrogen and oxygen atoms in total. The lowest BCUT2D eigenvalue weighted by atomic mass is 9.97. The maximum absolute atomic E-state index is 12.9. The second-order valence-corrected chi connectivity index (χ2v) is 6.72. The lowest BCUT2D eigenvalue weighted by molar-refractivity contribution is -0.137. The Bertz CT molecular complexity index is 1110. The zero-order valence-corrected chi connectivity index (χ0v) is 16.1. The van der Waals surface area contributed by atoms with Gasteiger partial charge >= 0.3 is 6.18 Å². The van der Waals surface area contributed by atoms with Gasteiger partial charge in [-0.3, -0.25) is 9.78 Å². The van der Waals surface area contributed by atoms with Gasteiger partial charge in [0.2, 0.25) is 5.91 Å². The molecule has 1 aliphatic heterocycles. The minimum atomic E-state index is -4.44. The monoisotopic (exact) mass is 426 g/mol. The first-order chi connectivity index (χ1) is 14.9. The van der Waals surface area contributed by atoms with Crippen molar-refractivity contribution in [2.24, 2.45) is 0 Å². The summed E-state index contributed by atoms with van der Waals surface area (Å²) in [5.74, 6) is 0.680. The number of amides is 1. The molecule has 0 atom stereocenters. The Morgan fingerprint density at radius 1 is 0.968 bits per heavy atom. The molecule has 31 heavy (non-hydrogen) atoms. The van der Waals surface area contributed by atoms with Crippen LogP contribution in [0.2, 0.25) is 0 Å². The Balaban J connectivity index is 1.63. The molecular formula is C23H17F3N2O3. The van der Waals surface area contributed by atoms with Gasteiger partial charge in [0.1, 0.15) is 13.2 Å². The van der Waals surface area contributed by atoms with Gasteiger partial charge in [0.15, 0.2) is 11.5 Å². The first-order valence-corrected chi connectivity index (χ1v) is 9.40. The number of halogens is 3. The molecular weight excluding hydrogens is 409 g/mol. The molecule has 1 N–H and O–H groups in total. The lowest BCUT2D eigenvalue weighted by Gasteiger charge is -2.18. The summed E-state index contributed by atoms with van der Waals surface area (Å²) in [6.07, 6.45) is 0.00667. The van der Waals surface area contributed by atoms with Crippen LogP contribution in [0.4, 0.5) is 18.9 Å². The van der Waals surface area contributed by atoms with Crippen LogP contribution in [0.1, 0.15) is 16.7 Å². The average molecular weight is 426 g/mol. The molecule has 0 radical (unpaired) electrons. The molecule has 3 aromatic rings. The number of rotatable bonds is 4. The normalized spacial score (nSPS) is 13.6. The molecule has 2 heterocycles. The Morgan fingerprint density at radius 3 is 2.39 bits per heavy atom. The predicted octanol–water partition coefficient (Wildman–Crippen LogP) is 4.94. The van der Waals surface area contributed by atoms with Gasteiger partial charge in [-0.25, -0.2) is 0 Å². The van der Waals surface area contributed by atoms with Gasteiger partial charge in [-0.15, -0.1) is 0 Å². The molecule has 0 saturated heterocycles.